The highest BCUT2D eigenvalue weighted by atomic mass is 16.5. The van der Waals surface area contributed by atoms with Crippen molar-refractivity contribution in [3.8, 4) is 11.1 Å². The molecule has 0 aromatic heterocycles. The van der Waals surface area contributed by atoms with Crippen LogP contribution in [0, 0.1) is 0 Å². The van der Waals surface area contributed by atoms with Crippen LogP contribution in [-0.2, 0) is 14.3 Å². The average molecular weight is 326 g/mol. The van der Waals surface area contributed by atoms with Gasteiger partial charge in [-0.2, -0.15) is 0 Å². The molecule has 0 aliphatic heterocycles. The Kier molecular flexibility index (Phi) is 5.31. The Morgan fingerprint density at radius 1 is 0.917 bits per heavy atom. The van der Waals surface area contributed by atoms with Crippen LogP contribution in [-0.4, -0.2) is 24.9 Å². The van der Waals surface area contributed by atoms with Crippen molar-refractivity contribution in [3.63, 3.8) is 0 Å². The molecule has 2 amide bonds. The number of rotatable bonds is 4. The lowest BCUT2D eigenvalue weighted by molar-refractivity contribution is -0.115. The fourth-order valence-electron chi connectivity index (χ4n) is 2.39. The molecule has 2 aromatic carbocycles. The van der Waals surface area contributed by atoms with E-state index in [4.69, 9.17) is 4.74 Å². The van der Waals surface area contributed by atoms with E-state index >= 15 is 0 Å². The van der Waals surface area contributed by atoms with Gasteiger partial charge in [-0.3, -0.25) is 9.59 Å². The van der Waals surface area contributed by atoms with Gasteiger partial charge < -0.3 is 15.4 Å². The lowest BCUT2D eigenvalue weighted by Crippen LogP contribution is -2.13. The van der Waals surface area contributed by atoms with Crippen LogP contribution in [0.2, 0.25) is 0 Å². The summed E-state index contributed by atoms with van der Waals surface area (Å²) in [5.41, 5.74) is 2.34. The molecule has 6 nitrogen and oxygen atoms in total. The Bertz CT molecular complexity index is 785. The van der Waals surface area contributed by atoms with Crippen LogP contribution in [0.4, 0.5) is 11.4 Å². The highest BCUT2D eigenvalue weighted by Gasteiger charge is 2.20. The monoisotopic (exact) mass is 326 g/mol. The van der Waals surface area contributed by atoms with Crippen molar-refractivity contribution in [2.24, 2.45) is 0 Å². The summed E-state index contributed by atoms with van der Waals surface area (Å²) in [4.78, 5) is 35.1. The fraction of sp³-hybridized carbons (Fsp3) is 0.167. The quantitative estimate of drug-likeness (QED) is 0.846. The van der Waals surface area contributed by atoms with Crippen LogP contribution in [0.25, 0.3) is 11.1 Å². The van der Waals surface area contributed by atoms with Gasteiger partial charge in [-0.1, -0.05) is 30.3 Å². The van der Waals surface area contributed by atoms with Crippen LogP contribution in [0.3, 0.4) is 0 Å². The largest absolute Gasteiger partial charge is 0.465 e. The van der Waals surface area contributed by atoms with Gasteiger partial charge in [-0.05, 0) is 17.7 Å². The van der Waals surface area contributed by atoms with Gasteiger partial charge in [0.05, 0.1) is 18.4 Å². The Labute approximate surface area is 139 Å². The number of anilines is 2. The molecule has 124 valence electrons. The molecular weight excluding hydrogens is 308 g/mol. The minimum atomic E-state index is -0.562. The first kappa shape index (κ1) is 17.2. The molecule has 0 atom stereocenters. The van der Waals surface area contributed by atoms with Gasteiger partial charge in [-0.15, -0.1) is 0 Å². The number of nitrogens with one attached hydrogen (secondary N) is 2. The van der Waals surface area contributed by atoms with Gasteiger partial charge in [0.1, 0.15) is 0 Å². The fourth-order valence-corrected chi connectivity index (χ4v) is 2.39. The molecule has 0 saturated heterocycles. The lowest BCUT2D eigenvalue weighted by atomic mass is 9.96. The van der Waals surface area contributed by atoms with E-state index in [1.54, 1.807) is 6.07 Å². The van der Waals surface area contributed by atoms with Crippen LogP contribution in [0.1, 0.15) is 24.2 Å². The molecule has 6 heteroatoms. The number of carbonyl (C=O) groups is 3. The second-order valence-corrected chi connectivity index (χ2v) is 5.17. The molecular formula is C18H18N2O4. The molecule has 2 aromatic rings. The summed E-state index contributed by atoms with van der Waals surface area (Å²) < 4.78 is 4.85. The molecule has 0 bridgehead atoms. The van der Waals surface area contributed by atoms with Crippen molar-refractivity contribution in [1.82, 2.24) is 0 Å². The Balaban J connectivity index is 2.74. The molecule has 0 unspecified atom stereocenters. The van der Waals surface area contributed by atoms with E-state index in [2.05, 4.69) is 10.6 Å². The molecule has 24 heavy (non-hydrogen) atoms. The third kappa shape index (κ3) is 3.98. The van der Waals surface area contributed by atoms with Gasteiger partial charge in [0.25, 0.3) is 0 Å². The summed E-state index contributed by atoms with van der Waals surface area (Å²) in [5.74, 6) is -1.14. The van der Waals surface area contributed by atoms with Crippen molar-refractivity contribution in [2.45, 2.75) is 13.8 Å². The standard InChI is InChI=1S/C18H18N2O4/c1-11(21)19-14-9-15(18(23)24-3)17(13-7-5-4-6-8-13)16(10-14)20-12(2)22/h4-10H,1-3H3,(H,19,21)(H,20,22). The second kappa shape index (κ2) is 7.41. The molecule has 0 heterocycles. The summed E-state index contributed by atoms with van der Waals surface area (Å²) in [6, 6.07) is 12.3. The summed E-state index contributed by atoms with van der Waals surface area (Å²) in [6.45, 7) is 2.73. The minimum Gasteiger partial charge on any atom is -0.465 e. The topological polar surface area (TPSA) is 84.5 Å². The van der Waals surface area contributed by atoms with Gasteiger partial charge in [0.15, 0.2) is 0 Å². The summed E-state index contributed by atoms with van der Waals surface area (Å²) in [5, 5.41) is 5.33. The van der Waals surface area contributed by atoms with E-state index in [1.165, 1.54) is 27.0 Å². The zero-order valence-corrected chi connectivity index (χ0v) is 13.7. The number of ether oxygens (including phenoxy) is 1. The number of hydrogen-bond acceptors (Lipinski definition) is 4. The molecule has 0 aliphatic rings. The van der Waals surface area contributed by atoms with E-state index < -0.39 is 5.97 Å². The zero-order chi connectivity index (χ0) is 17.7. The van der Waals surface area contributed by atoms with Crippen LogP contribution < -0.4 is 10.6 Å². The summed E-state index contributed by atoms with van der Waals surface area (Å²) in [6.07, 6.45) is 0. The number of benzene rings is 2. The average Bonchev–Trinajstić information content (AvgIpc) is 2.53. The smallest absolute Gasteiger partial charge is 0.338 e. The number of hydrogen-bond donors (Lipinski definition) is 2. The zero-order valence-electron chi connectivity index (χ0n) is 13.7. The van der Waals surface area contributed by atoms with Crippen molar-refractivity contribution < 1.29 is 19.1 Å². The molecule has 2 rings (SSSR count). The van der Waals surface area contributed by atoms with Gasteiger partial charge >= 0.3 is 5.97 Å². The molecule has 0 aliphatic carbocycles. The first-order chi connectivity index (χ1) is 11.4. The second-order valence-electron chi connectivity index (χ2n) is 5.17. The number of amides is 2. The van der Waals surface area contributed by atoms with E-state index in [1.807, 2.05) is 30.3 Å². The van der Waals surface area contributed by atoms with E-state index in [9.17, 15) is 14.4 Å². The van der Waals surface area contributed by atoms with Gasteiger partial charge in [0, 0.05) is 25.1 Å². The van der Waals surface area contributed by atoms with Crippen LogP contribution in [0.5, 0.6) is 0 Å². The molecule has 0 fully saturated rings. The normalized spacial score (nSPS) is 9.96. The third-order valence-corrected chi connectivity index (χ3v) is 3.24. The minimum absolute atomic E-state index is 0.249. The van der Waals surface area contributed by atoms with E-state index in [0.717, 1.165) is 5.56 Å². The van der Waals surface area contributed by atoms with E-state index in [0.29, 0.717) is 16.9 Å². The number of methoxy groups -OCH3 is 1. The Morgan fingerprint density at radius 2 is 1.54 bits per heavy atom. The maximum atomic E-state index is 12.2. The Hall–Kier alpha value is -3.15. The molecule has 0 spiro atoms. The molecule has 2 N–H and O–H groups in total. The van der Waals surface area contributed by atoms with Crippen molar-refractivity contribution in [2.75, 3.05) is 17.7 Å². The lowest BCUT2D eigenvalue weighted by Gasteiger charge is -2.17. The first-order valence-corrected chi connectivity index (χ1v) is 7.29. The molecule has 0 radical (unpaired) electrons. The third-order valence-electron chi connectivity index (χ3n) is 3.24. The van der Waals surface area contributed by atoms with E-state index in [-0.39, 0.29) is 17.4 Å². The molecule has 0 saturated carbocycles. The SMILES string of the molecule is COC(=O)c1cc(NC(C)=O)cc(NC(C)=O)c1-c1ccccc1. The van der Waals surface area contributed by atoms with Crippen molar-refractivity contribution in [3.05, 3.63) is 48.0 Å². The number of esters is 1. The maximum Gasteiger partial charge on any atom is 0.338 e. The highest BCUT2D eigenvalue weighted by molar-refractivity contribution is 6.06. The van der Waals surface area contributed by atoms with Crippen LogP contribution in [0.15, 0.2) is 42.5 Å². The summed E-state index contributed by atoms with van der Waals surface area (Å²) in [7, 11) is 1.28. The van der Waals surface area contributed by atoms with Crippen LogP contribution >= 0.6 is 0 Å². The van der Waals surface area contributed by atoms with Gasteiger partial charge in [-0.25, -0.2) is 4.79 Å². The summed E-state index contributed by atoms with van der Waals surface area (Å²) >= 11 is 0. The predicted molar refractivity (Wildman–Crippen MR) is 91.8 cm³/mol. The highest BCUT2D eigenvalue weighted by Crippen LogP contribution is 2.35. The predicted octanol–water partition coefficient (Wildman–Crippen LogP) is 3.06. The van der Waals surface area contributed by atoms with Crippen molar-refractivity contribution >= 4 is 29.2 Å². The first-order valence-electron chi connectivity index (χ1n) is 7.29. The maximum absolute atomic E-state index is 12.2. The van der Waals surface area contributed by atoms with Crippen molar-refractivity contribution in [1.29, 1.82) is 0 Å². The Morgan fingerprint density at radius 3 is 2.08 bits per heavy atom. The number of carbonyl (C=O) groups excluding carboxylic acids is 3. The van der Waals surface area contributed by atoms with Gasteiger partial charge in [0.2, 0.25) is 11.8 Å².